The molecular formula is C17H23ClN2O3. The topological polar surface area (TPSA) is 49.9 Å². The molecule has 1 aliphatic heterocycles. The fourth-order valence-corrected chi connectivity index (χ4v) is 2.57. The molecule has 0 saturated carbocycles. The summed E-state index contributed by atoms with van der Waals surface area (Å²) in [4.78, 5) is 28.1. The molecule has 1 aromatic carbocycles. The molecule has 1 heterocycles. The minimum absolute atomic E-state index is 0.00131. The van der Waals surface area contributed by atoms with E-state index in [-0.39, 0.29) is 18.4 Å². The zero-order valence-corrected chi connectivity index (χ0v) is 14.6. The van der Waals surface area contributed by atoms with Crippen LogP contribution in [0.3, 0.4) is 0 Å². The molecule has 1 amide bonds. The molecule has 1 aromatic rings. The third-order valence-corrected chi connectivity index (χ3v) is 3.78. The van der Waals surface area contributed by atoms with Gasteiger partial charge in [0.15, 0.2) is 0 Å². The van der Waals surface area contributed by atoms with Crippen LogP contribution in [0.25, 0.3) is 0 Å². The van der Waals surface area contributed by atoms with Crippen molar-refractivity contribution in [2.45, 2.75) is 26.4 Å². The van der Waals surface area contributed by atoms with Crippen LogP contribution in [0.15, 0.2) is 24.3 Å². The Morgan fingerprint density at radius 3 is 2.17 bits per heavy atom. The first-order valence-electron chi connectivity index (χ1n) is 7.74. The number of hydrogen-bond donors (Lipinski definition) is 0. The van der Waals surface area contributed by atoms with E-state index in [9.17, 15) is 9.59 Å². The van der Waals surface area contributed by atoms with Crippen molar-refractivity contribution in [3.05, 3.63) is 34.9 Å². The highest BCUT2D eigenvalue weighted by Gasteiger charge is 2.25. The summed E-state index contributed by atoms with van der Waals surface area (Å²) in [5, 5.41) is 0.615. The first-order chi connectivity index (χ1) is 10.7. The molecule has 23 heavy (non-hydrogen) atoms. The maximum atomic E-state index is 12.4. The van der Waals surface area contributed by atoms with Crippen LogP contribution in [0.4, 0.5) is 0 Å². The summed E-state index contributed by atoms with van der Waals surface area (Å²) in [5.74, 6) is -0.228. The van der Waals surface area contributed by atoms with Crippen molar-refractivity contribution < 1.29 is 14.3 Å². The summed E-state index contributed by atoms with van der Waals surface area (Å²) >= 11 is 5.84. The van der Waals surface area contributed by atoms with Gasteiger partial charge in [-0.25, -0.2) is 0 Å². The number of carbonyl (C=O) groups excluding carboxylic acids is 2. The van der Waals surface area contributed by atoms with Crippen molar-refractivity contribution in [1.29, 1.82) is 0 Å². The van der Waals surface area contributed by atoms with Crippen LogP contribution in [0.5, 0.6) is 0 Å². The molecule has 0 aromatic heterocycles. The number of hydrogen-bond acceptors (Lipinski definition) is 4. The largest absolute Gasteiger partial charge is 0.459 e. The average molecular weight is 339 g/mol. The SMILES string of the molecule is CC(C)(C)OC(=O)CN1CCN(C(=O)c2ccc(Cl)cc2)CC1. The van der Waals surface area contributed by atoms with Crippen LogP contribution in [0.2, 0.25) is 5.02 Å². The van der Waals surface area contributed by atoms with Gasteiger partial charge in [0.05, 0.1) is 6.54 Å². The Kier molecular flexibility index (Phi) is 5.65. The van der Waals surface area contributed by atoms with Crippen LogP contribution in [0.1, 0.15) is 31.1 Å². The van der Waals surface area contributed by atoms with Gasteiger partial charge >= 0.3 is 5.97 Å². The lowest BCUT2D eigenvalue weighted by atomic mass is 10.2. The van der Waals surface area contributed by atoms with Gasteiger partial charge in [0.1, 0.15) is 5.60 Å². The standard InChI is InChI=1S/C17H23ClN2O3/c1-17(2,3)23-15(21)12-19-8-10-20(11-9-19)16(22)13-4-6-14(18)7-5-13/h4-7H,8-12H2,1-3H3. The Hall–Kier alpha value is -1.59. The third-order valence-electron chi connectivity index (χ3n) is 3.52. The molecule has 126 valence electrons. The van der Waals surface area contributed by atoms with Crippen molar-refractivity contribution in [2.24, 2.45) is 0 Å². The molecule has 1 fully saturated rings. The number of piperazine rings is 1. The predicted octanol–water partition coefficient (Wildman–Crippen LogP) is 2.44. The zero-order valence-electron chi connectivity index (χ0n) is 13.8. The van der Waals surface area contributed by atoms with Gasteiger partial charge in [-0.15, -0.1) is 0 Å². The Morgan fingerprint density at radius 2 is 1.65 bits per heavy atom. The van der Waals surface area contributed by atoms with E-state index in [1.165, 1.54) is 0 Å². The highest BCUT2D eigenvalue weighted by Crippen LogP contribution is 2.13. The minimum Gasteiger partial charge on any atom is -0.459 e. The molecule has 1 saturated heterocycles. The van der Waals surface area contributed by atoms with E-state index in [0.717, 1.165) is 0 Å². The van der Waals surface area contributed by atoms with Crippen LogP contribution in [-0.4, -0.2) is 60.0 Å². The van der Waals surface area contributed by atoms with Gasteiger partial charge in [-0.3, -0.25) is 14.5 Å². The summed E-state index contributed by atoms with van der Waals surface area (Å²) in [6.07, 6.45) is 0. The first kappa shape index (κ1) is 17.8. The van der Waals surface area contributed by atoms with Crippen molar-refractivity contribution in [2.75, 3.05) is 32.7 Å². The van der Waals surface area contributed by atoms with E-state index in [4.69, 9.17) is 16.3 Å². The lowest BCUT2D eigenvalue weighted by Gasteiger charge is -2.34. The molecule has 0 aliphatic carbocycles. The molecule has 0 unspecified atom stereocenters. The number of rotatable bonds is 3. The second-order valence-electron chi connectivity index (χ2n) is 6.66. The van der Waals surface area contributed by atoms with Gasteiger partial charge < -0.3 is 9.64 Å². The number of nitrogens with zero attached hydrogens (tertiary/aromatic N) is 2. The maximum absolute atomic E-state index is 12.4. The Bertz CT molecular complexity index is 558. The molecular weight excluding hydrogens is 316 g/mol. The predicted molar refractivity (Wildman–Crippen MR) is 89.6 cm³/mol. The van der Waals surface area contributed by atoms with E-state index in [1.54, 1.807) is 29.2 Å². The van der Waals surface area contributed by atoms with E-state index < -0.39 is 5.60 Å². The molecule has 0 bridgehead atoms. The first-order valence-corrected chi connectivity index (χ1v) is 8.11. The lowest BCUT2D eigenvalue weighted by molar-refractivity contribution is -0.156. The molecule has 0 radical (unpaired) electrons. The Morgan fingerprint density at radius 1 is 1.09 bits per heavy atom. The van der Waals surface area contributed by atoms with Crippen LogP contribution >= 0.6 is 11.6 Å². The van der Waals surface area contributed by atoms with Gasteiger partial charge in [0.25, 0.3) is 5.91 Å². The van der Waals surface area contributed by atoms with Gasteiger partial charge in [0, 0.05) is 36.8 Å². The van der Waals surface area contributed by atoms with Crippen molar-refractivity contribution in [1.82, 2.24) is 9.80 Å². The zero-order chi connectivity index (χ0) is 17.0. The fraction of sp³-hybridized carbons (Fsp3) is 0.529. The number of carbonyl (C=O) groups is 2. The Labute approximate surface area is 142 Å². The average Bonchev–Trinajstić information content (AvgIpc) is 2.46. The molecule has 0 N–H and O–H groups in total. The summed E-state index contributed by atoms with van der Waals surface area (Å²) in [6, 6.07) is 6.90. The van der Waals surface area contributed by atoms with E-state index in [2.05, 4.69) is 0 Å². The summed E-state index contributed by atoms with van der Waals surface area (Å²) in [5.41, 5.74) is 0.165. The normalized spacial score (nSPS) is 16.3. The fourth-order valence-electron chi connectivity index (χ4n) is 2.44. The van der Waals surface area contributed by atoms with Gasteiger partial charge in [-0.05, 0) is 45.0 Å². The van der Waals surface area contributed by atoms with Gasteiger partial charge in [0.2, 0.25) is 0 Å². The molecule has 1 aliphatic rings. The molecule has 6 heteroatoms. The monoisotopic (exact) mass is 338 g/mol. The van der Waals surface area contributed by atoms with Gasteiger partial charge in [-0.1, -0.05) is 11.6 Å². The number of benzene rings is 1. The molecule has 5 nitrogen and oxygen atoms in total. The number of halogens is 1. The quantitative estimate of drug-likeness (QED) is 0.794. The minimum atomic E-state index is -0.469. The number of ether oxygens (including phenoxy) is 1. The van der Waals surface area contributed by atoms with E-state index in [1.807, 2.05) is 25.7 Å². The second kappa shape index (κ2) is 7.32. The highest BCUT2D eigenvalue weighted by molar-refractivity contribution is 6.30. The summed E-state index contributed by atoms with van der Waals surface area (Å²) < 4.78 is 5.32. The van der Waals surface area contributed by atoms with Crippen molar-refractivity contribution in [3.8, 4) is 0 Å². The van der Waals surface area contributed by atoms with E-state index in [0.29, 0.717) is 36.8 Å². The van der Waals surface area contributed by atoms with Crippen LogP contribution in [-0.2, 0) is 9.53 Å². The molecule has 0 atom stereocenters. The third kappa shape index (κ3) is 5.52. The number of esters is 1. The van der Waals surface area contributed by atoms with Crippen molar-refractivity contribution >= 4 is 23.5 Å². The maximum Gasteiger partial charge on any atom is 0.320 e. The summed E-state index contributed by atoms with van der Waals surface area (Å²) in [7, 11) is 0. The lowest BCUT2D eigenvalue weighted by Crippen LogP contribution is -2.50. The number of amides is 1. The van der Waals surface area contributed by atoms with Gasteiger partial charge in [-0.2, -0.15) is 0 Å². The van der Waals surface area contributed by atoms with E-state index >= 15 is 0 Å². The highest BCUT2D eigenvalue weighted by atomic mass is 35.5. The smallest absolute Gasteiger partial charge is 0.320 e. The second-order valence-corrected chi connectivity index (χ2v) is 7.10. The van der Waals surface area contributed by atoms with Crippen LogP contribution < -0.4 is 0 Å². The molecule has 0 spiro atoms. The van der Waals surface area contributed by atoms with Crippen molar-refractivity contribution in [3.63, 3.8) is 0 Å². The molecule has 2 rings (SSSR count). The van der Waals surface area contributed by atoms with Crippen LogP contribution in [0, 0.1) is 0 Å². The Balaban J connectivity index is 1.83. The summed E-state index contributed by atoms with van der Waals surface area (Å²) in [6.45, 7) is 8.36.